The number of anilines is 1. The first-order chi connectivity index (χ1) is 7.70. The van der Waals surface area contributed by atoms with Gasteiger partial charge in [-0.1, -0.05) is 28.1 Å². The number of nitrogens with two attached hydrogens (primary N) is 2. The first-order valence-electron chi connectivity index (χ1n) is 4.78. The Labute approximate surface area is 102 Å². The Morgan fingerprint density at radius 3 is 2.44 bits per heavy atom. The van der Waals surface area contributed by atoms with Crippen LogP contribution in [0.4, 0.5) is 5.82 Å². The van der Waals surface area contributed by atoms with E-state index in [-0.39, 0.29) is 0 Å². The molecule has 0 atom stereocenters. The van der Waals surface area contributed by atoms with Crippen LogP contribution >= 0.6 is 15.9 Å². The van der Waals surface area contributed by atoms with Crippen LogP contribution in [0.3, 0.4) is 0 Å². The fraction of sp³-hybridized carbons (Fsp3) is 0.0909. The number of benzene rings is 1. The Bertz CT molecular complexity index is 496. The van der Waals surface area contributed by atoms with Gasteiger partial charge in [0, 0.05) is 28.3 Å². The van der Waals surface area contributed by atoms with E-state index in [2.05, 4.69) is 25.9 Å². The standard InChI is InChI=1S/C11H11BrN4/c12-9-3-1-7(2-4-9)11-15-6-8(5-13)10(14)16-11/h1-4,6H,5,13H2,(H2,14,15,16). The van der Waals surface area contributed by atoms with Gasteiger partial charge in [0.15, 0.2) is 5.82 Å². The molecule has 0 radical (unpaired) electrons. The minimum atomic E-state index is 0.354. The second-order valence-corrected chi connectivity index (χ2v) is 4.23. The van der Waals surface area contributed by atoms with E-state index in [4.69, 9.17) is 11.5 Å². The molecule has 0 aliphatic carbocycles. The topological polar surface area (TPSA) is 77.8 Å². The summed E-state index contributed by atoms with van der Waals surface area (Å²) < 4.78 is 1.02. The summed E-state index contributed by atoms with van der Waals surface area (Å²) in [7, 11) is 0. The van der Waals surface area contributed by atoms with E-state index in [9.17, 15) is 0 Å². The van der Waals surface area contributed by atoms with Crippen molar-refractivity contribution in [2.24, 2.45) is 5.73 Å². The summed E-state index contributed by atoms with van der Waals surface area (Å²) >= 11 is 3.37. The van der Waals surface area contributed by atoms with Crippen LogP contribution in [0.25, 0.3) is 11.4 Å². The molecule has 0 spiro atoms. The van der Waals surface area contributed by atoms with Crippen molar-refractivity contribution < 1.29 is 0 Å². The van der Waals surface area contributed by atoms with Gasteiger partial charge < -0.3 is 11.5 Å². The first-order valence-corrected chi connectivity index (χ1v) is 5.57. The molecule has 1 aromatic carbocycles. The summed E-state index contributed by atoms with van der Waals surface area (Å²) in [5.74, 6) is 1.05. The zero-order chi connectivity index (χ0) is 11.5. The van der Waals surface area contributed by atoms with Crippen LogP contribution in [0.15, 0.2) is 34.9 Å². The van der Waals surface area contributed by atoms with E-state index in [0.29, 0.717) is 18.2 Å². The predicted octanol–water partition coefficient (Wildman–Crippen LogP) is 1.95. The molecule has 0 aliphatic heterocycles. The van der Waals surface area contributed by atoms with Crippen molar-refractivity contribution in [1.29, 1.82) is 0 Å². The van der Waals surface area contributed by atoms with E-state index in [1.807, 2.05) is 24.3 Å². The van der Waals surface area contributed by atoms with E-state index in [1.165, 1.54) is 0 Å². The lowest BCUT2D eigenvalue weighted by Crippen LogP contribution is -2.05. The predicted molar refractivity (Wildman–Crippen MR) is 67.5 cm³/mol. The molecule has 0 saturated carbocycles. The third-order valence-electron chi connectivity index (χ3n) is 2.22. The largest absolute Gasteiger partial charge is 0.383 e. The molecule has 0 unspecified atom stereocenters. The smallest absolute Gasteiger partial charge is 0.161 e. The fourth-order valence-electron chi connectivity index (χ4n) is 1.32. The van der Waals surface area contributed by atoms with Gasteiger partial charge in [0.1, 0.15) is 5.82 Å². The van der Waals surface area contributed by atoms with Gasteiger partial charge in [0.05, 0.1) is 0 Å². The zero-order valence-electron chi connectivity index (χ0n) is 8.52. The van der Waals surface area contributed by atoms with Crippen LogP contribution in [-0.2, 0) is 6.54 Å². The van der Waals surface area contributed by atoms with Crippen molar-refractivity contribution in [1.82, 2.24) is 9.97 Å². The van der Waals surface area contributed by atoms with Crippen LogP contribution in [0.5, 0.6) is 0 Å². The maximum absolute atomic E-state index is 5.76. The summed E-state index contributed by atoms with van der Waals surface area (Å²) in [5, 5.41) is 0. The second kappa shape index (κ2) is 4.59. The molecule has 2 rings (SSSR count). The molecule has 82 valence electrons. The number of nitrogens with zero attached hydrogens (tertiary/aromatic N) is 2. The molecular weight excluding hydrogens is 268 g/mol. The summed E-state index contributed by atoms with van der Waals surface area (Å²) in [5.41, 5.74) is 12.9. The average Bonchev–Trinajstić information content (AvgIpc) is 2.30. The van der Waals surface area contributed by atoms with Crippen molar-refractivity contribution in [3.63, 3.8) is 0 Å². The molecule has 1 heterocycles. The number of rotatable bonds is 2. The Hall–Kier alpha value is -1.46. The Kier molecular flexibility index (Phi) is 3.17. The normalized spacial score (nSPS) is 10.4. The van der Waals surface area contributed by atoms with Crippen molar-refractivity contribution in [3.05, 3.63) is 40.5 Å². The van der Waals surface area contributed by atoms with Gasteiger partial charge in [0.2, 0.25) is 0 Å². The highest BCUT2D eigenvalue weighted by Gasteiger charge is 2.04. The van der Waals surface area contributed by atoms with Crippen LogP contribution in [-0.4, -0.2) is 9.97 Å². The third-order valence-corrected chi connectivity index (χ3v) is 2.75. The van der Waals surface area contributed by atoms with E-state index < -0.39 is 0 Å². The van der Waals surface area contributed by atoms with Gasteiger partial charge in [-0.15, -0.1) is 0 Å². The van der Waals surface area contributed by atoms with E-state index in [1.54, 1.807) is 6.20 Å². The zero-order valence-corrected chi connectivity index (χ0v) is 10.1. The maximum atomic E-state index is 5.76. The summed E-state index contributed by atoms with van der Waals surface area (Å²) in [4.78, 5) is 8.44. The van der Waals surface area contributed by atoms with Gasteiger partial charge in [-0.25, -0.2) is 9.97 Å². The van der Waals surface area contributed by atoms with Crippen LogP contribution in [0.2, 0.25) is 0 Å². The molecular formula is C11H11BrN4. The van der Waals surface area contributed by atoms with Crippen LogP contribution in [0, 0.1) is 0 Å². The molecule has 0 fully saturated rings. The number of aromatic nitrogens is 2. The Morgan fingerprint density at radius 2 is 1.88 bits per heavy atom. The molecule has 2 aromatic rings. The van der Waals surface area contributed by atoms with Gasteiger partial charge in [-0.05, 0) is 12.1 Å². The Morgan fingerprint density at radius 1 is 1.19 bits per heavy atom. The summed E-state index contributed by atoms with van der Waals surface area (Å²) in [6, 6.07) is 7.74. The summed E-state index contributed by atoms with van der Waals surface area (Å²) in [6.07, 6.45) is 1.67. The van der Waals surface area contributed by atoms with Crippen molar-refractivity contribution in [2.45, 2.75) is 6.54 Å². The van der Waals surface area contributed by atoms with Crippen LogP contribution < -0.4 is 11.5 Å². The molecule has 0 bridgehead atoms. The first kappa shape index (κ1) is 11.0. The van der Waals surface area contributed by atoms with Gasteiger partial charge >= 0.3 is 0 Å². The molecule has 5 heteroatoms. The SMILES string of the molecule is NCc1cnc(-c2ccc(Br)cc2)nc1N. The minimum absolute atomic E-state index is 0.354. The minimum Gasteiger partial charge on any atom is -0.383 e. The number of halogens is 1. The van der Waals surface area contributed by atoms with Crippen molar-refractivity contribution >= 4 is 21.7 Å². The molecule has 0 aliphatic rings. The summed E-state index contributed by atoms with van der Waals surface area (Å²) in [6.45, 7) is 0.354. The monoisotopic (exact) mass is 278 g/mol. The highest BCUT2D eigenvalue weighted by Crippen LogP contribution is 2.19. The maximum Gasteiger partial charge on any atom is 0.161 e. The Balaban J connectivity index is 2.41. The third kappa shape index (κ3) is 2.20. The number of nitrogen functional groups attached to an aromatic ring is 1. The highest BCUT2D eigenvalue weighted by molar-refractivity contribution is 9.10. The molecule has 16 heavy (non-hydrogen) atoms. The van der Waals surface area contributed by atoms with E-state index in [0.717, 1.165) is 15.6 Å². The van der Waals surface area contributed by atoms with Crippen molar-refractivity contribution in [3.8, 4) is 11.4 Å². The molecule has 0 saturated heterocycles. The number of hydrogen-bond acceptors (Lipinski definition) is 4. The average molecular weight is 279 g/mol. The fourth-order valence-corrected chi connectivity index (χ4v) is 1.58. The van der Waals surface area contributed by atoms with Crippen LogP contribution in [0.1, 0.15) is 5.56 Å². The molecule has 4 N–H and O–H groups in total. The lowest BCUT2D eigenvalue weighted by Gasteiger charge is -2.04. The molecule has 1 aromatic heterocycles. The van der Waals surface area contributed by atoms with Crippen molar-refractivity contribution in [2.75, 3.05) is 5.73 Å². The second-order valence-electron chi connectivity index (χ2n) is 3.32. The van der Waals surface area contributed by atoms with Gasteiger partial charge in [0.25, 0.3) is 0 Å². The number of hydrogen-bond donors (Lipinski definition) is 2. The van der Waals surface area contributed by atoms with E-state index >= 15 is 0 Å². The lowest BCUT2D eigenvalue weighted by molar-refractivity contribution is 1.02. The quantitative estimate of drug-likeness (QED) is 0.880. The molecule has 4 nitrogen and oxygen atoms in total. The molecule has 0 amide bonds. The highest BCUT2D eigenvalue weighted by atomic mass is 79.9. The van der Waals surface area contributed by atoms with Gasteiger partial charge in [-0.3, -0.25) is 0 Å². The lowest BCUT2D eigenvalue weighted by atomic mass is 10.2. The van der Waals surface area contributed by atoms with Gasteiger partial charge in [-0.2, -0.15) is 0 Å².